The number of hydrogen-bond acceptors (Lipinski definition) is 7. The fourth-order valence-electron chi connectivity index (χ4n) is 6.81. The van der Waals surface area contributed by atoms with Crippen LogP contribution in [0.5, 0.6) is 6.01 Å². The van der Waals surface area contributed by atoms with E-state index in [1.807, 2.05) is 18.2 Å². The second-order valence-electron chi connectivity index (χ2n) is 11.3. The summed E-state index contributed by atoms with van der Waals surface area (Å²) in [5.74, 6) is 0.638. The Morgan fingerprint density at radius 3 is 2.68 bits per heavy atom. The molecule has 7 rings (SSSR count). The Kier molecular flexibility index (Phi) is 6.29. The summed E-state index contributed by atoms with van der Waals surface area (Å²) in [7, 11) is 2.16. The minimum Gasteiger partial charge on any atom is -0.462 e. The van der Waals surface area contributed by atoms with Crippen molar-refractivity contribution in [2.45, 2.75) is 56.8 Å². The normalized spacial score (nSPS) is 25.3. The Hall–Kier alpha value is -2.68. The molecule has 3 aromatic rings. The smallest absolute Gasteiger partial charge is 0.318 e. The van der Waals surface area contributed by atoms with Crippen LogP contribution in [0, 0.1) is 5.82 Å². The fourth-order valence-corrected chi connectivity index (χ4v) is 7.07. The number of hydrogen-bond donors (Lipinski definition) is 1. The average molecular weight is 537 g/mol. The zero-order chi connectivity index (χ0) is 25.8. The van der Waals surface area contributed by atoms with Gasteiger partial charge in [-0.1, -0.05) is 29.8 Å². The van der Waals surface area contributed by atoms with Gasteiger partial charge in [-0.2, -0.15) is 9.97 Å². The first-order valence-electron chi connectivity index (χ1n) is 13.9. The molecular weight excluding hydrogens is 503 g/mol. The van der Waals surface area contributed by atoms with Gasteiger partial charge in [-0.15, -0.1) is 0 Å². The van der Waals surface area contributed by atoms with E-state index in [-0.39, 0.29) is 5.02 Å². The molecule has 4 aliphatic heterocycles. The zero-order valence-corrected chi connectivity index (χ0v) is 22.6. The summed E-state index contributed by atoms with van der Waals surface area (Å²) in [5, 5.41) is 5.60. The van der Waals surface area contributed by atoms with Crippen molar-refractivity contribution in [2.75, 3.05) is 49.6 Å². The number of likely N-dealkylation sites (N-methyl/N-ethyl adjacent to an activating group) is 1. The molecule has 38 heavy (non-hydrogen) atoms. The van der Waals surface area contributed by atoms with Gasteiger partial charge in [-0.25, -0.2) is 4.39 Å². The first kappa shape index (κ1) is 24.4. The molecule has 2 aromatic carbocycles. The monoisotopic (exact) mass is 536 g/mol. The largest absolute Gasteiger partial charge is 0.462 e. The van der Waals surface area contributed by atoms with Crippen LogP contribution >= 0.6 is 11.6 Å². The Labute approximate surface area is 227 Å². The maximum Gasteiger partial charge on any atom is 0.318 e. The van der Waals surface area contributed by atoms with Crippen LogP contribution < -0.4 is 19.9 Å². The van der Waals surface area contributed by atoms with Crippen LogP contribution in [0.1, 0.15) is 36.9 Å². The van der Waals surface area contributed by atoms with Gasteiger partial charge in [0.05, 0.1) is 17.3 Å². The molecule has 3 atom stereocenters. The Balaban J connectivity index is 1.24. The number of fused-ring (bicyclic) bond motifs is 4. The highest BCUT2D eigenvalue weighted by Gasteiger charge is 2.35. The van der Waals surface area contributed by atoms with Crippen molar-refractivity contribution in [1.82, 2.24) is 20.2 Å². The van der Waals surface area contributed by atoms with Crippen molar-refractivity contribution in [3.8, 4) is 6.01 Å². The minimum absolute atomic E-state index is 0.174. The van der Waals surface area contributed by atoms with Crippen molar-refractivity contribution in [1.29, 1.82) is 0 Å². The van der Waals surface area contributed by atoms with E-state index in [1.165, 1.54) is 30.9 Å². The van der Waals surface area contributed by atoms with Crippen molar-refractivity contribution in [3.63, 3.8) is 0 Å². The summed E-state index contributed by atoms with van der Waals surface area (Å²) in [6, 6.07) is 11.2. The lowest BCUT2D eigenvalue weighted by Gasteiger charge is -2.37. The molecule has 3 saturated heterocycles. The molecule has 0 radical (unpaired) electrons. The summed E-state index contributed by atoms with van der Waals surface area (Å²) in [6.45, 7) is 5.04. The number of ether oxygens (including phenoxy) is 1. The molecule has 3 fully saturated rings. The molecule has 0 spiro atoms. The topological polar surface area (TPSA) is 56.8 Å². The van der Waals surface area contributed by atoms with E-state index in [2.05, 4.69) is 27.1 Å². The molecule has 9 heteroatoms. The predicted molar refractivity (Wildman–Crippen MR) is 149 cm³/mol. The number of aromatic nitrogens is 2. The van der Waals surface area contributed by atoms with E-state index in [0.29, 0.717) is 37.3 Å². The second kappa shape index (κ2) is 9.81. The van der Waals surface area contributed by atoms with Gasteiger partial charge in [0.2, 0.25) is 0 Å². The minimum atomic E-state index is -0.394. The highest BCUT2D eigenvalue weighted by molar-refractivity contribution is 6.36. The molecular formula is C29H34ClFN6O. The van der Waals surface area contributed by atoms with Crippen LogP contribution in [0.25, 0.3) is 10.8 Å². The molecule has 1 N–H and O–H groups in total. The summed E-state index contributed by atoms with van der Waals surface area (Å²) in [6.07, 6.45) is 5.60. The summed E-state index contributed by atoms with van der Waals surface area (Å²) < 4.78 is 20.7. The van der Waals surface area contributed by atoms with E-state index >= 15 is 0 Å². The predicted octanol–water partition coefficient (Wildman–Crippen LogP) is 4.40. The van der Waals surface area contributed by atoms with E-state index < -0.39 is 5.82 Å². The first-order chi connectivity index (χ1) is 18.5. The fraction of sp³-hybridized carbons (Fsp3) is 0.517. The molecule has 2 bridgehead atoms. The van der Waals surface area contributed by atoms with Gasteiger partial charge in [-0.05, 0) is 63.2 Å². The lowest BCUT2D eigenvalue weighted by Crippen LogP contribution is -2.52. The van der Waals surface area contributed by atoms with Crippen molar-refractivity contribution in [2.24, 2.45) is 0 Å². The first-order valence-corrected chi connectivity index (χ1v) is 14.3. The molecule has 4 aliphatic rings. The van der Waals surface area contributed by atoms with E-state index in [4.69, 9.17) is 26.3 Å². The Morgan fingerprint density at radius 2 is 1.89 bits per heavy atom. The van der Waals surface area contributed by atoms with Gasteiger partial charge >= 0.3 is 6.01 Å². The molecule has 1 aromatic heterocycles. The Bertz CT molecular complexity index is 1360. The van der Waals surface area contributed by atoms with E-state index in [9.17, 15) is 4.39 Å². The quantitative estimate of drug-likeness (QED) is 0.519. The van der Waals surface area contributed by atoms with Gasteiger partial charge in [0, 0.05) is 54.4 Å². The molecule has 7 nitrogen and oxygen atoms in total. The van der Waals surface area contributed by atoms with Gasteiger partial charge < -0.3 is 24.8 Å². The molecule has 1 unspecified atom stereocenters. The van der Waals surface area contributed by atoms with Gasteiger partial charge in [0.25, 0.3) is 0 Å². The number of rotatable bonds is 5. The Morgan fingerprint density at radius 1 is 1.05 bits per heavy atom. The van der Waals surface area contributed by atoms with E-state index in [0.717, 1.165) is 67.0 Å². The highest BCUT2D eigenvalue weighted by atomic mass is 35.5. The van der Waals surface area contributed by atoms with Crippen LogP contribution in [0.15, 0.2) is 30.3 Å². The van der Waals surface area contributed by atoms with Crippen molar-refractivity contribution >= 4 is 33.9 Å². The number of anilines is 2. The maximum absolute atomic E-state index is 14.5. The second-order valence-corrected chi connectivity index (χ2v) is 11.7. The number of nitrogens with one attached hydrogen (secondary N) is 1. The van der Waals surface area contributed by atoms with Crippen LogP contribution in [-0.2, 0) is 13.0 Å². The molecule has 0 saturated carbocycles. The lowest BCUT2D eigenvalue weighted by molar-refractivity contribution is 0.187. The lowest BCUT2D eigenvalue weighted by atomic mass is 10.0. The molecule has 5 heterocycles. The zero-order valence-electron chi connectivity index (χ0n) is 21.8. The van der Waals surface area contributed by atoms with Gasteiger partial charge in [-0.3, -0.25) is 0 Å². The SMILES string of the molecule is CN1CCCC1COc1nc2c(c(N3C[C@H]4CC[C@@H](C3)N4)n1)CCN(c1cccc3ccc(F)c(Cl)c13)C2. The number of benzene rings is 2. The van der Waals surface area contributed by atoms with Crippen LogP contribution in [0.3, 0.4) is 0 Å². The van der Waals surface area contributed by atoms with Crippen LogP contribution in [0.4, 0.5) is 15.9 Å². The number of piperazine rings is 1. The number of halogens is 2. The third-order valence-corrected chi connectivity index (χ3v) is 9.24. The maximum atomic E-state index is 14.5. The molecule has 0 amide bonds. The molecule has 0 aliphatic carbocycles. The standard InChI is InChI=1S/C29H34ClFN6O/c1-35-12-3-5-21(35)17-38-29-33-24-16-36(25-6-2-4-18-7-10-23(31)27(30)26(18)25)13-11-22(24)28(34-29)37-14-19-8-9-20(15-37)32-19/h2,4,6-7,10,19-21,32H,3,5,8-9,11-17H2,1H3/t19-,20+,21?. The van der Waals surface area contributed by atoms with Gasteiger partial charge in [0.1, 0.15) is 18.2 Å². The summed E-state index contributed by atoms with van der Waals surface area (Å²) in [5.41, 5.74) is 3.14. The highest BCUT2D eigenvalue weighted by Crippen LogP contribution is 2.38. The van der Waals surface area contributed by atoms with Crippen molar-refractivity contribution < 1.29 is 9.13 Å². The summed E-state index contributed by atoms with van der Waals surface area (Å²) in [4.78, 5) is 17.1. The third-order valence-electron chi connectivity index (χ3n) is 8.87. The average Bonchev–Trinajstić information content (AvgIpc) is 3.51. The van der Waals surface area contributed by atoms with E-state index in [1.54, 1.807) is 6.07 Å². The number of nitrogens with zero attached hydrogens (tertiary/aromatic N) is 5. The number of likely N-dealkylation sites (tertiary alicyclic amines) is 1. The van der Waals surface area contributed by atoms with Crippen LogP contribution in [0.2, 0.25) is 5.02 Å². The van der Waals surface area contributed by atoms with Crippen LogP contribution in [-0.4, -0.2) is 72.8 Å². The molecule has 200 valence electrons. The van der Waals surface area contributed by atoms with Gasteiger partial charge in [0.15, 0.2) is 0 Å². The van der Waals surface area contributed by atoms with Crippen molar-refractivity contribution in [3.05, 3.63) is 52.4 Å². The third kappa shape index (κ3) is 4.36. The summed E-state index contributed by atoms with van der Waals surface area (Å²) >= 11 is 6.49.